The number of hydrogen-bond acceptors (Lipinski definition) is 4. The van der Waals surface area contributed by atoms with E-state index in [4.69, 9.17) is 4.98 Å². The van der Waals surface area contributed by atoms with Crippen LogP contribution in [0.3, 0.4) is 0 Å². The van der Waals surface area contributed by atoms with Gasteiger partial charge >= 0.3 is 0 Å². The van der Waals surface area contributed by atoms with E-state index < -0.39 is 0 Å². The third-order valence-corrected chi connectivity index (χ3v) is 5.56. The number of nitrogens with zero attached hydrogens (tertiary/aromatic N) is 4. The van der Waals surface area contributed by atoms with E-state index in [1.54, 1.807) is 6.20 Å². The van der Waals surface area contributed by atoms with Gasteiger partial charge < -0.3 is 4.90 Å². The van der Waals surface area contributed by atoms with Crippen LogP contribution < -0.4 is 10.5 Å². The molecule has 1 N–H and O–H groups in total. The summed E-state index contributed by atoms with van der Waals surface area (Å²) in [5.41, 5.74) is 1.72. The van der Waals surface area contributed by atoms with E-state index in [2.05, 4.69) is 66.1 Å². The van der Waals surface area contributed by atoms with Crippen LogP contribution in [0.5, 0.6) is 0 Å². The van der Waals surface area contributed by atoms with Crippen LogP contribution in [-0.2, 0) is 12.0 Å². The maximum absolute atomic E-state index is 12.6. The molecule has 6 heteroatoms. The van der Waals surface area contributed by atoms with Gasteiger partial charge in [0, 0.05) is 12.6 Å². The lowest BCUT2D eigenvalue weighted by Gasteiger charge is -2.26. The van der Waals surface area contributed by atoms with Gasteiger partial charge in [0.1, 0.15) is 5.39 Å². The highest BCUT2D eigenvalue weighted by Crippen LogP contribution is 2.27. The van der Waals surface area contributed by atoms with Gasteiger partial charge in [0.05, 0.1) is 11.7 Å². The monoisotopic (exact) mass is 379 g/mol. The van der Waals surface area contributed by atoms with Gasteiger partial charge in [-0.2, -0.15) is 10.1 Å². The first kappa shape index (κ1) is 18.7. The number of fused-ring (bicyclic) bond motifs is 1. The van der Waals surface area contributed by atoms with Gasteiger partial charge in [0.2, 0.25) is 5.95 Å². The molecule has 1 unspecified atom stereocenters. The third kappa shape index (κ3) is 3.68. The molecule has 0 radical (unpaired) electrons. The Hall–Kier alpha value is -2.63. The van der Waals surface area contributed by atoms with Crippen LogP contribution in [0.15, 0.2) is 41.3 Å². The Balaban J connectivity index is 1.55. The summed E-state index contributed by atoms with van der Waals surface area (Å²) in [6, 6.07) is 11.1. The summed E-state index contributed by atoms with van der Waals surface area (Å²) in [6.45, 7) is 7.16. The first-order chi connectivity index (χ1) is 13.4. The first-order valence-corrected chi connectivity index (χ1v) is 10.2. The van der Waals surface area contributed by atoms with Crippen LogP contribution in [-0.4, -0.2) is 32.3 Å². The maximum atomic E-state index is 12.6. The number of aryl methyl sites for hydroxylation is 1. The fourth-order valence-electron chi connectivity index (χ4n) is 4.13. The maximum Gasteiger partial charge on any atom is 0.263 e. The van der Waals surface area contributed by atoms with E-state index in [1.807, 2.05) is 4.68 Å². The van der Waals surface area contributed by atoms with Crippen LogP contribution in [0, 0.1) is 0 Å². The van der Waals surface area contributed by atoms with Crippen molar-refractivity contribution < 1.29 is 0 Å². The highest BCUT2D eigenvalue weighted by Gasteiger charge is 2.28. The van der Waals surface area contributed by atoms with E-state index in [-0.39, 0.29) is 11.1 Å². The number of rotatable bonds is 5. The lowest BCUT2D eigenvalue weighted by atomic mass is 10.0. The zero-order valence-corrected chi connectivity index (χ0v) is 17.0. The van der Waals surface area contributed by atoms with Crippen molar-refractivity contribution >= 4 is 17.0 Å². The molecule has 0 amide bonds. The van der Waals surface area contributed by atoms with Gasteiger partial charge in [-0.1, -0.05) is 30.3 Å². The molecule has 3 heterocycles. The highest BCUT2D eigenvalue weighted by molar-refractivity contribution is 5.74. The van der Waals surface area contributed by atoms with Crippen molar-refractivity contribution in [3.63, 3.8) is 0 Å². The molecular formula is C22H29N5O. The Morgan fingerprint density at radius 2 is 2.00 bits per heavy atom. The van der Waals surface area contributed by atoms with Crippen LogP contribution in [0.4, 0.5) is 5.95 Å². The van der Waals surface area contributed by atoms with E-state index in [9.17, 15) is 4.79 Å². The van der Waals surface area contributed by atoms with E-state index in [0.717, 1.165) is 38.6 Å². The van der Waals surface area contributed by atoms with E-state index >= 15 is 0 Å². The molecule has 28 heavy (non-hydrogen) atoms. The van der Waals surface area contributed by atoms with Crippen molar-refractivity contribution in [3.8, 4) is 0 Å². The number of aromatic amines is 1. The standard InChI is InChI=1S/C22H29N5O/c1-22(2,3)27-19-18(15-23-27)20(28)25-21(24-19)26-14-8-13-17(26)12-7-11-16-9-5-4-6-10-16/h4-6,9-10,15,17H,7-8,11-14H2,1-3H3,(H,24,25,28). The summed E-state index contributed by atoms with van der Waals surface area (Å²) < 4.78 is 1.85. The molecule has 0 saturated carbocycles. The van der Waals surface area contributed by atoms with Gasteiger partial charge in [0.25, 0.3) is 5.56 Å². The fourth-order valence-corrected chi connectivity index (χ4v) is 4.13. The summed E-state index contributed by atoms with van der Waals surface area (Å²) >= 11 is 0. The number of aromatic nitrogens is 4. The second kappa shape index (κ2) is 7.41. The zero-order chi connectivity index (χ0) is 19.7. The van der Waals surface area contributed by atoms with Crippen molar-refractivity contribution in [2.75, 3.05) is 11.4 Å². The second-order valence-electron chi connectivity index (χ2n) is 8.72. The lowest BCUT2D eigenvalue weighted by Crippen LogP contribution is -2.33. The molecule has 0 spiro atoms. The number of anilines is 1. The van der Waals surface area contributed by atoms with Crippen LogP contribution in [0.25, 0.3) is 11.0 Å². The number of nitrogens with one attached hydrogen (secondary N) is 1. The molecule has 0 bridgehead atoms. The topological polar surface area (TPSA) is 66.8 Å². The van der Waals surface area contributed by atoms with Crippen molar-refractivity contribution in [3.05, 3.63) is 52.4 Å². The summed E-state index contributed by atoms with van der Waals surface area (Å²) in [7, 11) is 0. The Morgan fingerprint density at radius 1 is 1.21 bits per heavy atom. The van der Waals surface area contributed by atoms with Crippen LogP contribution in [0.2, 0.25) is 0 Å². The molecule has 0 aliphatic carbocycles. The van der Waals surface area contributed by atoms with Gasteiger partial charge in [-0.15, -0.1) is 0 Å². The quantitative estimate of drug-likeness (QED) is 0.731. The molecule has 1 atom stereocenters. The molecule has 3 aromatic rings. The molecule has 148 valence electrons. The first-order valence-electron chi connectivity index (χ1n) is 10.2. The van der Waals surface area contributed by atoms with Gasteiger partial charge in [-0.3, -0.25) is 9.78 Å². The third-order valence-electron chi connectivity index (χ3n) is 5.56. The average molecular weight is 380 g/mol. The normalized spacial score (nSPS) is 17.5. The Kier molecular flexibility index (Phi) is 4.96. The number of hydrogen-bond donors (Lipinski definition) is 1. The molecule has 4 rings (SSSR count). The largest absolute Gasteiger partial charge is 0.339 e. The van der Waals surface area contributed by atoms with E-state index in [1.165, 1.54) is 5.56 Å². The SMILES string of the molecule is CC(C)(C)n1ncc2c(=O)[nH]c(N3CCCC3CCCc3ccccc3)nc21. The molecule has 1 saturated heterocycles. The Bertz CT molecular complexity index is 999. The Morgan fingerprint density at radius 3 is 2.75 bits per heavy atom. The minimum absolute atomic E-state index is 0.106. The highest BCUT2D eigenvalue weighted by atomic mass is 16.1. The molecule has 1 aliphatic rings. The molecule has 6 nitrogen and oxygen atoms in total. The van der Waals surface area contributed by atoms with Gasteiger partial charge in [-0.25, -0.2) is 4.68 Å². The van der Waals surface area contributed by atoms with E-state index in [0.29, 0.717) is 23.0 Å². The van der Waals surface area contributed by atoms with Crippen molar-refractivity contribution in [2.45, 2.75) is 64.5 Å². The molecule has 2 aromatic heterocycles. The molecule has 1 aliphatic heterocycles. The summed E-state index contributed by atoms with van der Waals surface area (Å²) in [5.74, 6) is 0.686. The Labute approximate surface area is 165 Å². The van der Waals surface area contributed by atoms with Gasteiger partial charge in [0.15, 0.2) is 5.65 Å². The summed E-state index contributed by atoms with van der Waals surface area (Å²) in [4.78, 5) is 22.7. The molecule has 1 fully saturated rings. The van der Waals surface area contributed by atoms with Crippen molar-refractivity contribution in [2.24, 2.45) is 0 Å². The fraction of sp³-hybridized carbons (Fsp3) is 0.500. The second-order valence-corrected chi connectivity index (χ2v) is 8.72. The van der Waals surface area contributed by atoms with Crippen molar-refractivity contribution in [1.29, 1.82) is 0 Å². The summed E-state index contributed by atoms with van der Waals surface area (Å²) in [5, 5.41) is 4.97. The zero-order valence-electron chi connectivity index (χ0n) is 17.0. The molecular weight excluding hydrogens is 350 g/mol. The predicted octanol–water partition coefficient (Wildman–Crippen LogP) is 3.87. The predicted molar refractivity (Wildman–Crippen MR) is 113 cm³/mol. The smallest absolute Gasteiger partial charge is 0.263 e. The van der Waals surface area contributed by atoms with Crippen LogP contribution >= 0.6 is 0 Å². The lowest BCUT2D eigenvalue weighted by molar-refractivity contribution is 0.366. The number of benzene rings is 1. The minimum atomic E-state index is -0.222. The van der Waals surface area contributed by atoms with Crippen LogP contribution in [0.1, 0.15) is 52.0 Å². The van der Waals surface area contributed by atoms with Gasteiger partial charge in [-0.05, 0) is 58.4 Å². The average Bonchev–Trinajstić information content (AvgIpc) is 3.29. The number of H-pyrrole nitrogens is 1. The molecule has 1 aromatic carbocycles. The summed E-state index contributed by atoms with van der Waals surface area (Å²) in [6.07, 6.45) is 7.24. The van der Waals surface area contributed by atoms with Crippen molar-refractivity contribution in [1.82, 2.24) is 19.7 Å². The minimum Gasteiger partial charge on any atom is -0.339 e.